The number of nitrogens with one attached hydrogen (secondary N) is 8. The maximum Gasteiger partial charge on any atom is 0.407 e. The number of carbonyl (C=O) groups excluding carboxylic acids is 10. The van der Waals surface area contributed by atoms with Crippen molar-refractivity contribution in [2.24, 2.45) is 0 Å². The lowest BCUT2D eigenvalue weighted by Crippen LogP contribution is -2.52. The number of methoxy groups -OCH3 is 2. The number of rotatable bonds is 29. The molecule has 2 aromatic rings. The van der Waals surface area contributed by atoms with Gasteiger partial charge in [-0.1, -0.05) is 82.3 Å². The van der Waals surface area contributed by atoms with Crippen LogP contribution in [0.2, 0.25) is 0 Å². The van der Waals surface area contributed by atoms with E-state index >= 15 is 0 Å². The molecule has 0 fully saturated rings. The molecule has 4 atom stereocenters. The van der Waals surface area contributed by atoms with E-state index in [9.17, 15) is 47.9 Å². The van der Waals surface area contributed by atoms with E-state index < -0.39 is 108 Å². The fraction of sp³-hybridized carbons (Fsp3) is 0.542. The summed E-state index contributed by atoms with van der Waals surface area (Å²) in [6, 6.07) is 13.2. The Kier molecular flexibility index (Phi) is 27.7. The predicted octanol–water partition coefficient (Wildman–Crippen LogP) is 1.98. The minimum atomic E-state index is -1.20. The van der Waals surface area contributed by atoms with Crippen LogP contribution in [0.4, 0.5) is 9.59 Å². The van der Waals surface area contributed by atoms with Crippen LogP contribution in [0.3, 0.4) is 0 Å². The van der Waals surface area contributed by atoms with Gasteiger partial charge in [0.1, 0.15) is 35.4 Å². The number of carbonyl (C=O) groups is 10. The van der Waals surface area contributed by atoms with Crippen molar-refractivity contribution >= 4 is 81.2 Å². The summed E-state index contributed by atoms with van der Waals surface area (Å²) >= 11 is 0. The molecule has 0 saturated carbocycles. The number of amides is 8. The van der Waals surface area contributed by atoms with E-state index in [0.717, 1.165) is 46.9 Å². The Labute approximate surface area is 428 Å². The average molecular weight is 1050 g/mol. The molecule has 0 aliphatic heterocycles. The zero-order chi connectivity index (χ0) is 53.7. The first-order valence-corrected chi connectivity index (χ1v) is 25.6. The number of benzene rings is 2. The fourth-order valence-electron chi connectivity index (χ4n) is 6.08. The third-order valence-corrected chi connectivity index (χ3v) is 11.8. The molecule has 2 rings (SSSR count). The quantitative estimate of drug-likeness (QED) is 0.0250. The highest BCUT2D eigenvalue weighted by Gasteiger charge is 2.28. The van der Waals surface area contributed by atoms with Crippen LogP contribution in [0.5, 0.6) is 0 Å². The number of esters is 2. The molecule has 0 aromatic heterocycles. The highest BCUT2D eigenvalue weighted by Crippen LogP contribution is 2.24. The summed E-state index contributed by atoms with van der Waals surface area (Å²) in [4.78, 5) is 128. The van der Waals surface area contributed by atoms with Gasteiger partial charge in [0, 0.05) is 50.3 Å². The maximum atomic E-state index is 13.3. The monoisotopic (exact) mass is 1050 g/mol. The summed E-state index contributed by atoms with van der Waals surface area (Å²) in [6.45, 7) is 9.53. The Morgan fingerprint density at radius 1 is 0.472 bits per heavy atom. The summed E-state index contributed by atoms with van der Waals surface area (Å²) in [5.74, 6) is -5.50. The lowest BCUT2D eigenvalue weighted by Gasteiger charge is -2.21. The second-order valence-corrected chi connectivity index (χ2v) is 20.5. The molecule has 0 spiro atoms. The summed E-state index contributed by atoms with van der Waals surface area (Å²) < 4.78 is 20.1. The topological polar surface area (TPSA) is 304 Å². The molecule has 398 valence electrons. The van der Waals surface area contributed by atoms with Gasteiger partial charge in [-0.3, -0.25) is 28.8 Å². The molecular formula is C48H70N8O14S2. The van der Waals surface area contributed by atoms with Crippen LogP contribution in [0.25, 0.3) is 0 Å². The van der Waals surface area contributed by atoms with E-state index in [1.807, 2.05) is 0 Å². The second-order valence-electron chi connectivity index (χ2n) is 18.0. The van der Waals surface area contributed by atoms with Gasteiger partial charge in [-0.2, -0.15) is 0 Å². The average Bonchev–Trinajstić information content (AvgIpc) is 3.31. The summed E-state index contributed by atoms with van der Waals surface area (Å²) in [7, 11) is 4.37. The van der Waals surface area contributed by atoms with Crippen LogP contribution in [0.15, 0.2) is 60.7 Å². The molecule has 0 heterocycles. The standard InChI is InChI=1S/C48H70N8O14S2/c1-47(2,3)69-45(65)49-23-15-21-37(57)53-33(25-31-17-11-9-12-18-31)41(61)51-27-39(59)55-35(43(63)67-7)29-71-72-30-36(44(64)68-8)56-40(60)28-52-42(62)34(26-32-19-13-10-14-20-32)54-38(58)22-16-24-50-46(66)70-48(4,5)6/h9-14,17-20,33-36H,15-16,21-30H2,1-8H3,(H,49,65)(H,50,66)(H,51,61)(H,52,62)(H,53,57)(H,54,58)(H,55,59)(H,56,60)/t33-,34-,35-,36-/m0/s1. The van der Waals surface area contributed by atoms with Crippen LogP contribution in [-0.2, 0) is 70.1 Å². The summed E-state index contributed by atoms with van der Waals surface area (Å²) in [6.07, 6.45) is -0.554. The Balaban J connectivity index is 1.93. The highest BCUT2D eigenvalue weighted by molar-refractivity contribution is 8.76. The Bertz CT molecular complexity index is 1960. The summed E-state index contributed by atoms with van der Waals surface area (Å²) in [5.41, 5.74) is 0.104. The van der Waals surface area contributed by atoms with Crippen LogP contribution >= 0.6 is 21.6 Å². The highest BCUT2D eigenvalue weighted by atomic mass is 33.1. The van der Waals surface area contributed by atoms with Gasteiger partial charge in [0.25, 0.3) is 0 Å². The van der Waals surface area contributed by atoms with Crippen molar-refractivity contribution in [2.45, 2.75) is 115 Å². The lowest BCUT2D eigenvalue weighted by atomic mass is 10.0. The van der Waals surface area contributed by atoms with Crippen molar-refractivity contribution in [1.29, 1.82) is 0 Å². The van der Waals surface area contributed by atoms with Gasteiger partial charge < -0.3 is 61.5 Å². The molecule has 0 bridgehead atoms. The third kappa shape index (κ3) is 27.7. The number of hydrogen-bond donors (Lipinski definition) is 8. The Morgan fingerprint density at radius 2 is 0.806 bits per heavy atom. The molecular weight excluding hydrogens is 977 g/mol. The fourth-order valence-corrected chi connectivity index (χ4v) is 8.38. The minimum Gasteiger partial charge on any atom is -0.467 e. The van der Waals surface area contributed by atoms with E-state index in [1.54, 1.807) is 102 Å². The molecule has 24 heteroatoms. The van der Waals surface area contributed by atoms with Crippen LogP contribution in [0.1, 0.15) is 78.4 Å². The third-order valence-electron chi connectivity index (χ3n) is 9.41. The minimum absolute atomic E-state index is 0.0175. The zero-order valence-electron chi connectivity index (χ0n) is 42.1. The molecule has 8 N–H and O–H groups in total. The molecule has 0 unspecified atom stereocenters. The van der Waals surface area contributed by atoms with Crippen LogP contribution in [0, 0.1) is 0 Å². The van der Waals surface area contributed by atoms with E-state index in [0.29, 0.717) is 0 Å². The first-order valence-electron chi connectivity index (χ1n) is 23.1. The Hall–Kier alpha value is -6.56. The largest absolute Gasteiger partial charge is 0.467 e. The van der Waals surface area contributed by atoms with Gasteiger partial charge in [-0.05, 0) is 65.5 Å². The smallest absolute Gasteiger partial charge is 0.407 e. The van der Waals surface area contributed by atoms with Gasteiger partial charge in [-0.25, -0.2) is 19.2 Å². The molecule has 22 nitrogen and oxygen atoms in total. The van der Waals surface area contributed by atoms with Gasteiger partial charge >= 0.3 is 24.1 Å². The van der Waals surface area contributed by atoms with E-state index in [1.165, 1.54) is 0 Å². The van der Waals surface area contributed by atoms with Crippen molar-refractivity contribution in [3.8, 4) is 0 Å². The van der Waals surface area contributed by atoms with Crippen LogP contribution in [-0.4, -0.2) is 147 Å². The van der Waals surface area contributed by atoms with Crippen LogP contribution < -0.4 is 42.5 Å². The second kappa shape index (κ2) is 32.4. The van der Waals surface area contributed by atoms with Gasteiger partial charge in [-0.15, -0.1) is 0 Å². The van der Waals surface area contributed by atoms with Gasteiger partial charge in [0.2, 0.25) is 35.4 Å². The normalized spacial score (nSPS) is 12.7. The Morgan fingerprint density at radius 3 is 1.12 bits per heavy atom. The lowest BCUT2D eigenvalue weighted by molar-refractivity contribution is -0.144. The van der Waals surface area contributed by atoms with Crippen molar-refractivity contribution in [1.82, 2.24) is 42.5 Å². The molecule has 0 aliphatic rings. The van der Waals surface area contributed by atoms with Crippen molar-refractivity contribution < 1.29 is 66.9 Å². The van der Waals surface area contributed by atoms with E-state index in [4.69, 9.17) is 18.9 Å². The molecule has 0 saturated heterocycles. The summed E-state index contributed by atoms with van der Waals surface area (Å²) in [5, 5.41) is 20.5. The van der Waals surface area contributed by atoms with Crippen molar-refractivity contribution in [3.05, 3.63) is 71.8 Å². The predicted molar refractivity (Wildman–Crippen MR) is 270 cm³/mol. The molecule has 0 radical (unpaired) electrons. The van der Waals surface area contributed by atoms with E-state index in [-0.39, 0.29) is 63.1 Å². The molecule has 2 aromatic carbocycles. The number of ether oxygens (including phenoxy) is 4. The SMILES string of the molecule is COC(=O)[C@H](CSSC[C@H](NC(=O)CNC(=O)[C@H](Cc1ccccc1)NC(=O)CCCNC(=O)OC(C)(C)C)C(=O)OC)NC(=O)CNC(=O)[C@H](Cc1ccccc1)NC(=O)CCCNC(=O)OC(C)(C)C. The van der Waals surface area contributed by atoms with Crippen molar-refractivity contribution in [3.63, 3.8) is 0 Å². The number of hydrogen-bond acceptors (Lipinski definition) is 16. The zero-order valence-corrected chi connectivity index (χ0v) is 43.7. The van der Waals surface area contributed by atoms with Crippen molar-refractivity contribution in [2.75, 3.05) is 51.9 Å². The molecule has 8 amide bonds. The van der Waals surface area contributed by atoms with E-state index in [2.05, 4.69) is 42.5 Å². The molecule has 0 aliphatic carbocycles. The van der Waals surface area contributed by atoms with Gasteiger partial charge in [0.05, 0.1) is 27.3 Å². The first kappa shape index (κ1) is 61.6. The number of alkyl carbamates (subject to hydrolysis) is 2. The first-order chi connectivity index (χ1) is 34.0. The van der Waals surface area contributed by atoms with Gasteiger partial charge in [0.15, 0.2) is 0 Å². The molecule has 72 heavy (non-hydrogen) atoms. The maximum absolute atomic E-state index is 13.3.